The molecule has 1 heterocycles. The van der Waals surface area contributed by atoms with Crippen molar-refractivity contribution in [3.05, 3.63) is 82.5 Å². The first-order valence-electron chi connectivity index (χ1n) is 7.87. The van der Waals surface area contributed by atoms with Gasteiger partial charge in [-0.2, -0.15) is 18.4 Å². The van der Waals surface area contributed by atoms with Gasteiger partial charge in [-0.3, -0.25) is 4.57 Å². The molecular formula is C18H18N4O3S. The summed E-state index contributed by atoms with van der Waals surface area (Å²) in [6.07, 6.45) is 1.64. The average molecular weight is 370 g/mol. The zero-order valence-electron chi connectivity index (χ0n) is 14.3. The molecule has 0 bridgehead atoms. The molecule has 0 saturated heterocycles. The van der Waals surface area contributed by atoms with Crippen molar-refractivity contribution in [3.8, 4) is 5.69 Å². The van der Waals surface area contributed by atoms with Crippen LogP contribution in [0, 0.1) is 6.92 Å². The molecular weight excluding hydrogens is 352 g/mol. The molecule has 0 aliphatic carbocycles. The van der Waals surface area contributed by atoms with E-state index in [-0.39, 0.29) is 10.6 Å². The average Bonchev–Trinajstić information content (AvgIpc) is 2.99. The van der Waals surface area contributed by atoms with Gasteiger partial charge in [0.1, 0.15) is 0 Å². The van der Waals surface area contributed by atoms with Gasteiger partial charge in [-0.15, -0.1) is 0 Å². The molecule has 0 saturated carbocycles. The van der Waals surface area contributed by atoms with E-state index in [0.29, 0.717) is 5.71 Å². The van der Waals surface area contributed by atoms with Crippen LogP contribution in [0.3, 0.4) is 0 Å². The molecule has 3 rings (SSSR count). The summed E-state index contributed by atoms with van der Waals surface area (Å²) in [5.41, 5.74) is 2.55. The molecule has 134 valence electrons. The topological polar surface area (TPSA) is 96.3 Å². The van der Waals surface area contributed by atoms with E-state index < -0.39 is 10.0 Å². The Balaban J connectivity index is 1.81. The van der Waals surface area contributed by atoms with Crippen LogP contribution >= 0.6 is 0 Å². The third-order valence-electron chi connectivity index (χ3n) is 3.89. The van der Waals surface area contributed by atoms with E-state index in [1.165, 1.54) is 12.1 Å². The van der Waals surface area contributed by atoms with Crippen molar-refractivity contribution in [1.82, 2.24) is 14.4 Å². The molecule has 0 aliphatic heterocycles. The number of aromatic amines is 1. The fraction of sp³-hybridized carbons (Fsp3) is 0.111. The van der Waals surface area contributed by atoms with Crippen molar-refractivity contribution < 1.29 is 8.42 Å². The molecule has 0 amide bonds. The lowest BCUT2D eigenvalue weighted by Crippen LogP contribution is -2.20. The highest BCUT2D eigenvalue weighted by Gasteiger charge is 2.12. The minimum Gasteiger partial charge on any atom is -0.312 e. The number of aryl methyl sites for hydroxylation is 1. The first kappa shape index (κ1) is 17.7. The predicted octanol–water partition coefficient (Wildman–Crippen LogP) is 2.18. The van der Waals surface area contributed by atoms with Gasteiger partial charge in [0.25, 0.3) is 10.0 Å². The first-order valence-corrected chi connectivity index (χ1v) is 9.36. The molecule has 2 N–H and O–H groups in total. The maximum Gasteiger partial charge on any atom is 0.330 e. The maximum absolute atomic E-state index is 12.2. The largest absolute Gasteiger partial charge is 0.330 e. The summed E-state index contributed by atoms with van der Waals surface area (Å²) in [5, 5.41) is 3.97. The van der Waals surface area contributed by atoms with Crippen LogP contribution in [0.25, 0.3) is 5.69 Å². The smallest absolute Gasteiger partial charge is 0.312 e. The molecule has 0 fully saturated rings. The van der Waals surface area contributed by atoms with Crippen LogP contribution in [0.2, 0.25) is 0 Å². The fourth-order valence-corrected chi connectivity index (χ4v) is 3.35. The van der Waals surface area contributed by atoms with E-state index in [9.17, 15) is 13.2 Å². The number of hydrazone groups is 1. The van der Waals surface area contributed by atoms with Crippen molar-refractivity contribution >= 4 is 15.7 Å². The monoisotopic (exact) mass is 370 g/mol. The summed E-state index contributed by atoms with van der Waals surface area (Å²) < 4.78 is 25.9. The van der Waals surface area contributed by atoms with E-state index in [1.54, 1.807) is 60.2 Å². The van der Waals surface area contributed by atoms with E-state index in [1.807, 2.05) is 6.92 Å². The lowest BCUT2D eigenvalue weighted by Gasteiger charge is -2.07. The normalized spacial score (nSPS) is 12.2. The van der Waals surface area contributed by atoms with Gasteiger partial charge in [0, 0.05) is 11.9 Å². The molecule has 0 atom stereocenters. The predicted molar refractivity (Wildman–Crippen MR) is 100 cm³/mol. The Kier molecular flexibility index (Phi) is 4.77. The summed E-state index contributed by atoms with van der Waals surface area (Å²) in [4.78, 5) is 16.8. The summed E-state index contributed by atoms with van der Waals surface area (Å²) >= 11 is 0. The van der Waals surface area contributed by atoms with Gasteiger partial charge in [-0.05, 0) is 43.7 Å². The second-order valence-corrected chi connectivity index (χ2v) is 7.38. The van der Waals surface area contributed by atoms with Gasteiger partial charge in [-0.25, -0.2) is 4.79 Å². The zero-order chi connectivity index (χ0) is 18.7. The molecule has 0 unspecified atom stereocenters. The van der Waals surface area contributed by atoms with Crippen LogP contribution in [-0.2, 0) is 10.0 Å². The minimum atomic E-state index is -3.71. The highest BCUT2D eigenvalue weighted by molar-refractivity contribution is 7.89. The molecule has 0 spiro atoms. The molecule has 2 aromatic carbocycles. The molecule has 0 aliphatic rings. The third-order valence-corrected chi connectivity index (χ3v) is 5.12. The number of sulfonamides is 1. The molecule has 26 heavy (non-hydrogen) atoms. The van der Waals surface area contributed by atoms with Gasteiger partial charge in [-0.1, -0.05) is 30.3 Å². The number of rotatable bonds is 5. The quantitative estimate of drug-likeness (QED) is 0.532. The van der Waals surface area contributed by atoms with Crippen molar-refractivity contribution in [2.75, 3.05) is 0 Å². The summed E-state index contributed by atoms with van der Waals surface area (Å²) in [7, 11) is -3.71. The zero-order valence-corrected chi connectivity index (χ0v) is 15.1. The molecule has 1 aromatic heterocycles. The van der Waals surface area contributed by atoms with Crippen molar-refractivity contribution in [2.45, 2.75) is 18.7 Å². The van der Waals surface area contributed by atoms with E-state index in [2.05, 4.69) is 14.9 Å². The number of hydrogen-bond donors (Lipinski definition) is 2. The van der Waals surface area contributed by atoms with E-state index >= 15 is 0 Å². The Morgan fingerprint density at radius 2 is 1.73 bits per heavy atom. The Labute approximate surface area is 151 Å². The number of H-pyrrole nitrogens is 1. The van der Waals surface area contributed by atoms with Gasteiger partial charge >= 0.3 is 5.69 Å². The standard InChI is InChI=1S/C18H18N4O3S/c1-13-12-19-18(23)22(13)16-10-8-15(9-11-16)14(2)20-21-26(24,25)17-6-4-3-5-7-17/h3-12,21H,1-2H3,(H,19,23)/b20-14+. The van der Waals surface area contributed by atoms with Crippen molar-refractivity contribution in [2.24, 2.45) is 5.10 Å². The second kappa shape index (κ2) is 7.01. The molecule has 0 radical (unpaired) electrons. The van der Waals surface area contributed by atoms with E-state index in [0.717, 1.165) is 16.9 Å². The van der Waals surface area contributed by atoms with Crippen LogP contribution in [0.1, 0.15) is 18.2 Å². The second-order valence-electron chi connectivity index (χ2n) is 5.72. The number of nitrogens with one attached hydrogen (secondary N) is 2. The Morgan fingerprint density at radius 1 is 1.08 bits per heavy atom. The number of aromatic nitrogens is 2. The van der Waals surface area contributed by atoms with Crippen molar-refractivity contribution in [3.63, 3.8) is 0 Å². The van der Waals surface area contributed by atoms with Crippen LogP contribution in [0.5, 0.6) is 0 Å². The lowest BCUT2D eigenvalue weighted by atomic mass is 10.1. The minimum absolute atomic E-state index is 0.147. The number of hydrogen-bond acceptors (Lipinski definition) is 4. The number of imidazole rings is 1. The van der Waals surface area contributed by atoms with Crippen LogP contribution in [0.4, 0.5) is 0 Å². The van der Waals surface area contributed by atoms with E-state index in [4.69, 9.17) is 0 Å². The molecule has 7 nitrogen and oxygen atoms in total. The Hall–Kier alpha value is -3.13. The van der Waals surface area contributed by atoms with Gasteiger partial charge < -0.3 is 4.98 Å². The lowest BCUT2D eigenvalue weighted by molar-refractivity contribution is 0.584. The molecule has 3 aromatic rings. The highest BCUT2D eigenvalue weighted by Crippen LogP contribution is 2.11. The summed E-state index contributed by atoms with van der Waals surface area (Å²) in [6, 6.07) is 15.2. The number of nitrogens with zero attached hydrogens (tertiary/aromatic N) is 2. The van der Waals surface area contributed by atoms with Gasteiger partial charge in [0.05, 0.1) is 16.3 Å². The number of benzene rings is 2. The maximum atomic E-state index is 12.2. The Bertz CT molecular complexity index is 1100. The van der Waals surface area contributed by atoms with Crippen LogP contribution in [0.15, 0.2) is 75.6 Å². The van der Waals surface area contributed by atoms with Gasteiger partial charge in [0.15, 0.2) is 0 Å². The summed E-state index contributed by atoms with van der Waals surface area (Å²) in [5.74, 6) is 0. The highest BCUT2D eigenvalue weighted by atomic mass is 32.2. The fourth-order valence-electron chi connectivity index (χ4n) is 2.47. The summed E-state index contributed by atoms with van der Waals surface area (Å²) in [6.45, 7) is 3.53. The Morgan fingerprint density at radius 3 is 2.31 bits per heavy atom. The van der Waals surface area contributed by atoms with Gasteiger partial charge in [0.2, 0.25) is 0 Å². The third kappa shape index (κ3) is 3.60. The van der Waals surface area contributed by atoms with Crippen molar-refractivity contribution in [1.29, 1.82) is 0 Å². The molecule has 8 heteroatoms. The van der Waals surface area contributed by atoms with Crippen LogP contribution < -0.4 is 10.5 Å². The first-order chi connectivity index (χ1) is 12.4. The van der Waals surface area contributed by atoms with Crippen LogP contribution in [-0.4, -0.2) is 23.7 Å². The SMILES string of the molecule is C/C(=N\NS(=O)(=O)c1ccccc1)c1ccc(-n2c(C)c[nH]c2=O)cc1.